The second-order valence-electron chi connectivity index (χ2n) is 5.60. The molecule has 6 heteroatoms. The lowest BCUT2D eigenvalue weighted by molar-refractivity contribution is 0.0604. The molecule has 2 N–H and O–H groups in total. The van der Waals surface area contributed by atoms with Gasteiger partial charge in [-0.1, -0.05) is 12.1 Å². The summed E-state index contributed by atoms with van der Waals surface area (Å²) in [5, 5.41) is 1.82. The van der Waals surface area contributed by atoms with Gasteiger partial charge in [-0.15, -0.1) is 0 Å². The monoisotopic (exact) mass is 333 g/mol. The molecule has 0 saturated carbocycles. The predicted octanol–water partition coefficient (Wildman–Crippen LogP) is 3.31. The third-order valence-electron chi connectivity index (χ3n) is 4.23. The summed E-state index contributed by atoms with van der Waals surface area (Å²) in [5.74, 6) is 0.219. The Morgan fingerprint density at radius 2 is 1.68 bits per heavy atom. The number of methoxy groups -OCH3 is 2. The first kappa shape index (κ1) is 15.1. The molecule has 0 aliphatic rings. The normalized spacial score (nSPS) is 11.1. The minimum atomic E-state index is -0.533. The van der Waals surface area contributed by atoms with Crippen molar-refractivity contribution in [1.29, 1.82) is 0 Å². The van der Waals surface area contributed by atoms with Gasteiger partial charge >= 0.3 is 5.97 Å². The molecule has 1 aromatic heterocycles. The Balaban J connectivity index is 2.17. The van der Waals surface area contributed by atoms with Crippen molar-refractivity contribution in [2.24, 2.45) is 0 Å². The summed E-state index contributed by atoms with van der Waals surface area (Å²) in [7, 11) is 2.94. The van der Waals surface area contributed by atoms with E-state index in [0.29, 0.717) is 22.2 Å². The summed E-state index contributed by atoms with van der Waals surface area (Å²) in [6.45, 7) is 0. The number of nitrogens with zero attached hydrogens (tertiary/aromatic N) is 2. The van der Waals surface area contributed by atoms with Crippen molar-refractivity contribution in [1.82, 2.24) is 9.97 Å². The molecule has 0 radical (unpaired) electrons. The fourth-order valence-electron chi connectivity index (χ4n) is 3.04. The second-order valence-corrected chi connectivity index (χ2v) is 5.60. The van der Waals surface area contributed by atoms with Gasteiger partial charge in [-0.2, -0.15) is 0 Å². The molecule has 0 saturated heterocycles. The number of carbonyl (C=O) groups is 1. The molecule has 0 aliphatic heterocycles. The molecule has 0 bridgehead atoms. The molecule has 6 nitrogen and oxygen atoms in total. The minimum absolute atomic E-state index is 0.231. The first-order chi connectivity index (χ1) is 12.1. The third-order valence-corrected chi connectivity index (χ3v) is 4.23. The number of esters is 1. The molecule has 4 aromatic rings. The number of carbonyl (C=O) groups excluding carboxylic acids is 1. The lowest BCUT2D eigenvalue weighted by atomic mass is 10.1. The van der Waals surface area contributed by atoms with E-state index >= 15 is 0 Å². The van der Waals surface area contributed by atoms with Crippen LogP contribution in [0, 0.1) is 0 Å². The Hall–Kier alpha value is -3.41. The van der Waals surface area contributed by atoms with E-state index in [1.54, 1.807) is 19.2 Å². The van der Waals surface area contributed by atoms with Crippen molar-refractivity contribution >= 4 is 44.5 Å². The molecule has 0 spiro atoms. The van der Waals surface area contributed by atoms with Gasteiger partial charge in [-0.25, -0.2) is 14.8 Å². The molecule has 0 unspecified atom stereocenters. The maximum atomic E-state index is 12.2. The fraction of sp³-hybridized carbons (Fsp3) is 0.105. The molecule has 0 atom stereocenters. The Labute approximate surface area is 143 Å². The van der Waals surface area contributed by atoms with E-state index < -0.39 is 5.97 Å². The van der Waals surface area contributed by atoms with Crippen LogP contribution < -0.4 is 10.5 Å². The molecular weight excluding hydrogens is 318 g/mol. The number of benzene rings is 3. The van der Waals surface area contributed by atoms with E-state index in [0.717, 1.165) is 22.0 Å². The number of aromatic nitrogens is 2. The highest BCUT2D eigenvalue weighted by molar-refractivity contribution is 6.12. The average molecular weight is 333 g/mol. The lowest BCUT2D eigenvalue weighted by Gasteiger charge is -2.10. The zero-order valence-electron chi connectivity index (χ0n) is 13.7. The first-order valence-electron chi connectivity index (χ1n) is 7.68. The summed E-state index contributed by atoms with van der Waals surface area (Å²) in [4.78, 5) is 21.5. The Bertz CT molecular complexity index is 1160. The van der Waals surface area contributed by atoms with Crippen LogP contribution in [0.2, 0.25) is 0 Å². The highest BCUT2D eigenvalue weighted by Crippen LogP contribution is 2.32. The maximum absolute atomic E-state index is 12.2. The maximum Gasteiger partial charge on any atom is 0.342 e. The molecule has 25 heavy (non-hydrogen) atoms. The van der Waals surface area contributed by atoms with Gasteiger partial charge in [0.2, 0.25) is 0 Å². The van der Waals surface area contributed by atoms with Crippen molar-refractivity contribution < 1.29 is 14.3 Å². The van der Waals surface area contributed by atoms with Crippen LogP contribution in [0.15, 0.2) is 42.5 Å². The third kappa shape index (κ3) is 2.22. The zero-order chi connectivity index (χ0) is 17.6. The standard InChI is InChI=1S/C19H15N3O3/c1-24-15-5-3-4-11-10(15)6-8-13-17(11)22-18-14(21-13)9-7-12(20)16(18)19(23)25-2/h3-9H,20H2,1-2H3. The molecule has 3 aromatic carbocycles. The number of rotatable bonds is 2. The minimum Gasteiger partial charge on any atom is -0.496 e. The largest absolute Gasteiger partial charge is 0.496 e. The molecular formula is C19H15N3O3. The van der Waals surface area contributed by atoms with E-state index in [2.05, 4.69) is 4.98 Å². The molecule has 0 fully saturated rings. The smallest absolute Gasteiger partial charge is 0.342 e. The lowest BCUT2D eigenvalue weighted by Crippen LogP contribution is -2.08. The van der Waals surface area contributed by atoms with Gasteiger partial charge in [0.1, 0.15) is 16.8 Å². The van der Waals surface area contributed by atoms with Crippen LogP contribution >= 0.6 is 0 Å². The van der Waals surface area contributed by atoms with Gasteiger partial charge in [-0.3, -0.25) is 0 Å². The Morgan fingerprint density at radius 1 is 0.920 bits per heavy atom. The summed E-state index contributed by atoms with van der Waals surface area (Å²) >= 11 is 0. The zero-order valence-corrected chi connectivity index (χ0v) is 13.7. The van der Waals surface area contributed by atoms with Gasteiger partial charge in [0.05, 0.1) is 30.8 Å². The van der Waals surface area contributed by atoms with Crippen molar-refractivity contribution in [3.05, 3.63) is 48.0 Å². The summed E-state index contributed by atoms with van der Waals surface area (Å²) in [6, 6.07) is 13.0. The van der Waals surface area contributed by atoms with Gasteiger partial charge in [-0.05, 0) is 30.3 Å². The van der Waals surface area contributed by atoms with E-state index in [1.807, 2.05) is 30.3 Å². The molecule has 0 aliphatic carbocycles. The van der Waals surface area contributed by atoms with Crippen LogP contribution in [0.1, 0.15) is 10.4 Å². The Kier molecular flexibility index (Phi) is 3.39. The summed E-state index contributed by atoms with van der Waals surface area (Å²) in [5.41, 5.74) is 8.94. The van der Waals surface area contributed by atoms with Crippen LogP contribution in [0.4, 0.5) is 5.69 Å². The van der Waals surface area contributed by atoms with Gasteiger partial charge in [0.25, 0.3) is 0 Å². The van der Waals surface area contributed by atoms with Crippen LogP contribution in [0.3, 0.4) is 0 Å². The molecule has 4 rings (SSSR count). The fourth-order valence-corrected chi connectivity index (χ4v) is 3.04. The van der Waals surface area contributed by atoms with Gasteiger partial charge < -0.3 is 15.2 Å². The highest BCUT2D eigenvalue weighted by atomic mass is 16.5. The summed E-state index contributed by atoms with van der Waals surface area (Å²) in [6.07, 6.45) is 0. The number of fused-ring (bicyclic) bond motifs is 4. The van der Waals surface area contributed by atoms with Crippen LogP contribution in [0.5, 0.6) is 5.75 Å². The van der Waals surface area contributed by atoms with Crippen LogP contribution in [0.25, 0.3) is 32.8 Å². The number of nitrogen functional groups attached to an aromatic ring is 1. The molecule has 1 heterocycles. The topological polar surface area (TPSA) is 87.3 Å². The number of nitrogens with two attached hydrogens (primary N) is 1. The molecule has 0 amide bonds. The van der Waals surface area contributed by atoms with E-state index in [-0.39, 0.29) is 5.56 Å². The highest BCUT2D eigenvalue weighted by Gasteiger charge is 2.18. The van der Waals surface area contributed by atoms with Crippen LogP contribution in [-0.4, -0.2) is 30.2 Å². The number of hydrogen-bond donors (Lipinski definition) is 1. The van der Waals surface area contributed by atoms with E-state index in [1.165, 1.54) is 7.11 Å². The quantitative estimate of drug-likeness (QED) is 0.262. The van der Waals surface area contributed by atoms with Gasteiger partial charge in [0.15, 0.2) is 0 Å². The van der Waals surface area contributed by atoms with Crippen LogP contribution in [-0.2, 0) is 4.74 Å². The number of hydrogen-bond acceptors (Lipinski definition) is 6. The van der Waals surface area contributed by atoms with Crippen molar-refractivity contribution in [3.63, 3.8) is 0 Å². The Morgan fingerprint density at radius 3 is 2.44 bits per heavy atom. The number of anilines is 1. The molecule has 124 valence electrons. The van der Waals surface area contributed by atoms with Gasteiger partial charge in [0, 0.05) is 16.5 Å². The van der Waals surface area contributed by atoms with Crippen molar-refractivity contribution in [3.8, 4) is 5.75 Å². The van der Waals surface area contributed by atoms with Crippen molar-refractivity contribution in [2.75, 3.05) is 20.0 Å². The number of ether oxygens (including phenoxy) is 2. The SMILES string of the molecule is COC(=O)c1c(N)ccc2nc3ccc4c(OC)cccc4c3nc12. The van der Waals surface area contributed by atoms with E-state index in [4.69, 9.17) is 20.2 Å². The predicted molar refractivity (Wildman–Crippen MR) is 96.9 cm³/mol. The summed E-state index contributed by atoms with van der Waals surface area (Å²) < 4.78 is 10.3. The first-order valence-corrected chi connectivity index (χ1v) is 7.68. The van der Waals surface area contributed by atoms with Crippen molar-refractivity contribution in [2.45, 2.75) is 0 Å². The van der Waals surface area contributed by atoms with E-state index in [9.17, 15) is 4.79 Å². The second kappa shape index (κ2) is 5.59. The average Bonchev–Trinajstić information content (AvgIpc) is 2.65.